The maximum absolute atomic E-state index is 2.48. The van der Waals surface area contributed by atoms with Crippen molar-refractivity contribution in [2.75, 3.05) is 0 Å². The molecule has 27 heavy (non-hydrogen) atoms. The van der Waals surface area contributed by atoms with Crippen LogP contribution in [0.3, 0.4) is 0 Å². The van der Waals surface area contributed by atoms with Crippen molar-refractivity contribution >= 4 is 0 Å². The van der Waals surface area contributed by atoms with Crippen LogP contribution in [0.2, 0.25) is 0 Å². The summed E-state index contributed by atoms with van der Waals surface area (Å²) in [6, 6.07) is 13.9. The first-order valence-electron chi connectivity index (χ1n) is 11.0. The zero-order chi connectivity index (χ0) is 19.5. The Balaban J connectivity index is 1.94. The molecule has 0 fully saturated rings. The van der Waals surface area contributed by atoms with Gasteiger partial charge in [0, 0.05) is 24.1 Å². The predicted molar refractivity (Wildman–Crippen MR) is 116 cm³/mol. The molecule has 1 aromatic carbocycles. The lowest BCUT2D eigenvalue weighted by atomic mass is 9.75. The number of rotatable bonds is 7. The molecule has 1 aromatic heterocycles. The van der Waals surface area contributed by atoms with Crippen molar-refractivity contribution in [3.63, 3.8) is 0 Å². The molecule has 0 amide bonds. The lowest BCUT2D eigenvalue weighted by Crippen LogP contribution is -2.37. The molecule has 0 saturated carbocycles. The smallest absolute Gasteiger partial charge is 0.198 e. The highest BCUT2D eigenvalue weighted by Crippen LogP contribution is 2.39. The van der Waals surface area contributed by atoms with Gasteiger partial charge in [0.2, 0.25) is 5.69 Å². The molecule has 3 rings (SSSR count). The quantitative estimate of drug-likeness (QED) is 0.373. The van der Waals surface area contributed by atoms with Gasteiger partial charge in [-0.1, -0.05) is 72.1 Å². The molecule has 1 aliphatic heterocycles. The van der Waals surface area contributed by atoms with E-state index < -0.39 is 0 Å². The predicted octanol–water partition coefficient (Wildman–Crippen LogP) is 6.86. The molecule has 1 unspecified atom stereocenters. The van der Waals surface area contributed by atoms with E-state index in [9.17, 15) is 0 Å². The van der Waals surface area contributed by atoms with Crippen LogP contribution in [-0.2, 0) is 18.4 Å². The number of aryl methyl sites for hydroxylation is 1. The molecule has 1 heteroatoms. The largest absolute Gasteiger partial charge is 0.213 e. The first-order chi connectivity index (χ1) is 12.9. The van der Waals surface area contributed by atoms with Gasteiger partial charge < -0.3 is 0 Å². The summed E-state index contributed by atoms with van der Waals surface area (Å²) in [5, 5.41) is 0. The van der Waals surface area contributed by atoms with Crippen molar-refractivity contribution in [2.24, 2.45) is 5.41 Å². The number of nitrogens with zero attached hydrogens (tertiary/aromatic N) is 1. The van der Waals surface area contributed by atoms with Crippen molar-refractivity contribution in [3.05, 3.63) is 53.7 Å². The zero-order valence-corrected chi connectivity index (χ0v) is 18.1. The molecular weight excluding hydrogens is 326 g/mol. The van der Waals surface area contributed by atoms with E-state index in [1.54, 1.807) is 0 Å². The Hall–Kier alpha value is -1.63. The molecule has 146 valence electrons. The Bertz CT molecular complexity index is 774. The number of benzene rings is 1. The third-order valence-corrected chi connectivity index (χ3v) is 6.78. The highest BCUT2D eigenvalue weighted by molar-refractivity contribution is 5.64. The zero-order valence-electron chi connectivity index (χ0n) is 18.1. The van der Waals surface area contributed by atoms with Gasteiger partial charge >= 0.3 is 0 Å². The third-order valence-electron chi connectivity index (χ3n) is 6.78. The minimum Gasteiger partial charge on any atom is -0.198 e. The molecule has 2 aromatic rings. The molecule has 2 heterocycles. The summed E-state index contributed by atoms with van der Waals surface area (Å²) in [6.07, 6.45) is 11.2. The lowest BCUT2D eigenvalue weighted by molar-refractivity contribution is -0.687. The Morgan fingerprint density at radius 3 is 2.59 bits per heavy atom. The van der Waals surface area contributed by atoms with E-state index >= 15 is 0 Å². The summed E-state index contributed by atoms with van der Waals surface area (Å²) < 4.78 is 2.48. The average molecular weight is 365 g/mol. The number of hydrogen-bond acceptors (Lipinski definition) is 0. The average Bonchev–Trinajstić information content (AvgIpc) is 2.78. The highest BCUT2D eigenvalue weighted by Gasteiger charge is 2.34. The number of aromatic nitrogens is 1. The standard InChI is InChI=1S/C26H38N/c1-6-8-11-15-25(3,4)20-21-14-17-27-18-16-26(5,7-2)23-13-10-9-12-22(23)24(27)19-21/h9-10,12-14,17,19H,6-8,11,15-16,18,20H2,1-5H3/q+1. The summed E-state index contributed by atoms with van der Waals surface area (Å²) in [7, 11) is 0. The number of pyridine rings is 1. The Labute approximate surface area is 166 Å². The molecule has 1 atom stereocenters. The van der Waals surface area contributed by atoms with Gasteiger partial charge in [0.05, 0.1) is 0 Å². The molecule has 0 radical (unpaired) electrons. The molecule has 0 N–H and O–H groups in total. The molecule has 0 saturated heterocycles. The Morgan fingerprint density at radius 2 is 1.85 bits per heavy atom. The van der Waals surface area contributed by atoms with Crippen LogP contribution >= 0.6 is 0 Å². The maximum atomic E-state index is 2.48. The summed E-state index contributed by atoms with van der Waals surface area (Å²) in [6.45, 7) is 13.0. The molecule has 1 aliphatic rings. The van der Waals surface area contributed by atoms with Crippen molar-refractivity contribution in [1.29, 1.82) is 0 Å². The van der Waals surface area contributed by atoms with Crippen LogP contribution in [0.5, 0.6) is 0 Å². The summed E-state index contributed by atoms with van der Waals surface area (Å²) in [4.78, 5) is 0. The van der Waals surface area contributed by atoms with Crippen LogP contribution in [-0.4, -0.2) is 0 Å². The number of unbranched alkanes of at least 4 members (excludes halogenated alkanes) is 2. The topological polar surface area (TPSA) is 3.88 Å². The van der Waals surface area contributed by atoms with E-state index in [1.807, 2.05) is 0 Å². The summed E-state index contributed by atoms with van der Waals surface area (Å²) in [5.74, 6) is 0. The molecule has 0 aliphatic carbocycles. The summed E-state index contributed by atoms with van der Waals surface area (Å²) >= 11 is 0. The molecular formula is C26H38N+. The van der Waals surface area contributed by atoms with Crippen molar-refractivity contribution < 1.29 is 4.57 Å². The van der Waals surface area contributed by atoms with E-state index in [4.69, 9.17) is 0 Å². The van der Waals surface area contributed by atoms with Gasteiger partial charge in [-0.3, -0.25) is 0 Å². The van der Waals surface area contributed by atoms with Crippen LogP contribution in [0.15, 0.2) is 42.6 Å². The van der Waals surface area contributed by atoms with Gasteiger partial charge in [0.15, 0.2) is 6.20 Å². The Kier molecular flexibility index (Phi) is 6.08. The van der Waals surface area contributed by atoms with Crippen LogP contribution in [0.1, 0.15) is 84.3 Å². The van der Waals surface area contributed by atoms with E-state index in [0.29, 0.717) is 5.41 Å². The van der Waals surface area contributed by atoms with Gasteiger partial charge in [-0.15, -0.1) is 0 Å². The first kappa shape index (κ1) is 20.1. The molecule has 0 bridgehead atoms. The van der Waals surface area contributed by atoms with Gasteiger partial charge in [0.25, 0.3) is 0 Å². The van der Waals surface area contributed by atoms with Crippen LogP contribution in [0.25, 0.3) is 11.3 Å². The van der Waals surface area contributed by atoms with Gasteiger partial charge in [-0.25, -0.2) is 0 Å². The van der Waals surface area contributed by atoms with E-state index in [2.05, 4.69) is 81.8 Å². The maximum Gasteiger partial charge on any atom is 0.213 e. The fourth-order valence-corrected chi connectivity index (χ4v) is 4.71. The van der Waals surface area contributed by atoms with Gasteiger partial charge in [-0.05, 0) is 47.3 Å². The fraction of sp³-hybridized carbons (Fsp3) is 0.577. The van der Waals surface area contributed by atoms with Crippen molar-refractivity contribution in [3.8, 4) is 11.3 Å². The third kappa shape index (κ3) is 4.45. The van der Waals surface area contributed by atoms with Crippen molar-refractivity contribution in [2.45, 2.75) is 91.5 Å². The van der Waals surface area contributed by atoms with Gasteiger partial charge in [-0.2, -0.15) is 4.57 Å². The Morgan fingerprint density at radius 1 is 1.07 bits per heavy atom. The highest BCUT2D eigenvalue weighted by atomic mass is 15.0. The van der Waals surface area contributed by atoms with Crippen molar-refractivity contribution in [1.82, 2.24) is 0 Å². The minimum absolute atomic E-state index is 0.266. The van der Waals surface area contributed by atoms with Crippen LogP contribution in [0, 0.1) is 5.41 Å². The normalized spacial score (nSPS) is 19.3. The van der Waals surface area contributed by atoms with E-state index in [1.165, 1.54) is 60.9 Å². The molecule has 0 spiro atoms. The lowest BCUT2D eigenvalue weighted by Gasteiger charge is -2.27. The number of fused-ring (bicyclic) bond motifs is 3. The second-order valence-electron chi connectivity index (χ2n) is 9.62. The second-order valence-corrected chi connectivity index (χ2v) is 9.62. The monoisotopic (exact) mass is 364 g/mol. The molecule has 1 nitrogen and oxygen atoms in total. The van der Waals surface area contributed by atoms with Crippen LogP contribution < -0.4 is 4.57 Å². The first-order valence-corrected chi connectivity index (χ1v) is 11.0. The minimum atomic E-state index is 0.266. The van der Waals surface area contributed by atoms with Crippen LogP contribution in [0.4, 0.5) is 0 Å². The van der Waals surface area contributed by atoms with Gasteiger partial charge in [0.1, 0.15) is 6.54 Å². The van der Waals surface area contributed by atoms with E-state index in [-0.39, 0.29) is 5.41 Å². The fourth-order valence-electron chi connectivity index (χ4n) is 4.71. The number of hydrogen-bond donors (Lipinski definition) is 0. The summed E-state index contributed by atoms with van der Waals surface area (Å²) in [5.41, 5.74) is 6.49. The second kappa shape index (κ2) is 8.17. The van der Waals surface area contributed by atoms with E-state index in [0.717, 1.165) is 13.0 Å². The SMILES string of the molecule is CCCCCC(C)(C)Cc1cc[n+]2c(c1)-c1ccccc1C(C)(CC)CC2.